The summed E-state index contributed by atoms with van der Waals surface area (Å²) in [5, 5.41) is 3.24. The van der Waals surface area contributed by atoms with Crippen molar-refractivity contribution in [1.29, 1.82) is 0 Å². The quantitative estimate of drug-likeness (QED) is 0.708. The highest BCUT2D eigenvalue weighted by Crippen LogP contribution is 2.12. The van der Waals surface area contributed by atoms with Gasteiger partial charge in [-0.25, -0.2) is 0 Å². The standard InChI is InChI=1S/C12H16BN3O/c1-14-11-2-4-16(5-3-11)12(17)9-6-10(13)8-15-7-9/h6-8,11,14H,2-5H2,1H3. The number of carbonyl (C=O) groups excluding carboxylic acids is 1. The molecular formula is C12H16BN3O. The van der Waals surface area contributed by atoms with Crippen LogP contribution in [0.1, 0.15) is 23.2 Å². The van der Waals surface area contributed by atoms with Gasteiger partial charge in [-0.3, -0.25) is 9.78 Å². The van der Waals surface area contributed by atoms with Gasteiger partial charge in [-0.2, -0.15) is 0 Å². The van der Waals surface area contributed by atoms with Crippen LogP contribution in [0, 0.1) is 0 Å². The summed E-state index contributed by atoms with van der Waals surface area (Å²) in [6.07, 6.45) is 5.11. The number of nitrogens with zero attached hydrogens (tertiary/aromatic N) is 2. The van der Waals surface area contributed by atoms with Gasteiger partial charge in [0.2, 0.25) is 0 Å². The van der Waals surface area contributed by atoms with E-state index < -0.39 is 0 Å². The zero-order valence-corrected chi connectivity index (χ0v) is 10.0. The number of carbonyl (C=O) groups is 1. The lowest BCUT2D eigenvalue weighted by molar-refractivity contribution is 0.0707. The fraction of sp³-hybridized carbons (Fsp3) is 0.500. The Balaban J connectivity index is 2.02. The first-order valence-electron chi connectivity index (χ1n) is 5.88. The Bertz CT molecular complexity index is 402. The van der Waals surface area contributed by atoms with Gasteiger partial charge in [0.25, 0.3) is 5.91 Å². The van der Waals surface area contributed by atoms with E-state index >= 15 is 0 Å². The molecule has 1 aliphatic rings. The van der Waals surface area contributed by atoms with E-state index in [1.54, 1.807) is 18.5 Å². The highest BCUT2D eigenvalue weighted by molar-refractivity contribution is 6.32. The lowest BCUT2D eigenvalue weighted by Crippen LogP contribution is -2.44. The average Bonchev–Trinajstić information content (AvgIpc) is 2.38. The largest absolute Gasteiger partial charge is 0.338 e. The van der Waals surface area contributed by atoms with E-state index in [1.807, 2.05) is 11.9 Å². The molecule has 0 saturated carbocycles. The fourth-order valence-corrected chi connectivity index (χ4v) is 2.13. The van der Waals surface area contributed by atoms with Gasteiger partial charge in [-0.05, 0) is 19.9 Å². The number of nitrogens with one attached hydrogen (secondary N) is 1. The van der Waals surface area contributed by atoms with E-state index in [1.165, 1.54) is 0 Å². The molecule has 1 aromatic heterocycles. The predicted octanol–water partition coefficient (Wildman–Crippen LogP) is -0.301. The monoisotopic (exact) mass is 229 g/mol. The summed E-state index contributed by atoms with van der Waals surface area (Å²) in [6, 6.07) is 2.21. The number of amides is 1. The summed E-state index contributed by atoms with van der Waals surface area (Å²) in [5.74, 6) is 0.0272. The number of likely N-dealkylation sites (tertiary alicyclic amines) is 1. The van der Waals surface area contributed by atoms with Gasteiger partial charge in [-0.15, -0.1) is 0 Å². The van der Waals surface area contributed by atoms with Crippen molar-refractivity contribution in [1.82, 2.24) is 15.2 Å². The van der Waals surface area contributed by atoms with Crippen molar-refractivity contribution in [2.45, 2.75) is 18.9 Å². The van der Waals surface area contributed by atoms with Gasteiger partial charge in [0.05, 0.1) is 5.56 Å². The molecule has 2 rings (SSSR count). The van der Waals surface area contributed by atoms with Crippen molar-refractivity contribution in [3.8, 4) is 0 Å². The number of pyridine rings is 1. The second-order valence-corrected chi connectivity index (χ2v) is 4.36. The molecular weight excluding hydrogens is 213 g/mol. The van der Waals surface area contributed by atoms with Crippen molar-refractivity contribution in [2.24, 2.45) is 0 Å². The van der Waals surface area contributed by atoms with E-state index in [2.05, 4.69) is 10.3 Å². The molecule has 1 fully saturated rings. The van der Waals surface area contributed by atoms with Crippen molar-refractivity contribution >= 4 is 19.2 Å². The van der Waals surface area contributed by atoms with Crippen LogP contribution in [0.4, 0.5) is 0 Å². The molecule has 4 nitrogen and oxygen atoms in total. The van der Waals surface area contributed by atoms with Crippen LogP contribution in [0.2, 0.25) is 0 Å². The van der Waals surface area contributed by atoms with Gasteiger partial charge in [0.1, 0.15) is 7.85 Å². The Morgan fingerprint density at radius 1 is 1.47 bits per heavy atom. The normalized spacial score (nSPS) is 17.1. The van der Waals surface area contributed by atoms with Gasteiger partial charge in [-0.1, -0.05) is 11.5 Å². The Morgan fingerprint density at radius 2 is 2.18 bits per heavy atom. The fourth-order valence-electron chi connectivity index (χ4n) is 2.13. The highest BCUT2D eigenvalue weighted by atomic mass is 16.2. The molecule has 17 heavy (non-hydrogen) atoms. The first-order chi connectivity index (χ1) is 8.20. The van der Waals surface area contributed by atoms with Crippen LogP contribution in [0.25, 0.3) is 0 Å². The van der Waals surface area contributed by atoms with Crippen LogP contribution in [-0.2, 0) is 0 Å². The summed E-state index contributed by atoms with van der Waals surface area (Å²) in [7, 11) is 7.59. The minimum atomic E-state index is 0.0272. The highest BCUT2D eigenvalue weighted by Gasteiger charge is 2.22. The second kappa shape index (κ2) is 5.32. The summed E-state index contributed by atoms with van der Waals surface area (Å²) >= 11 is 0. The third-order valence-corrected chi connectivity index (χ3v) is 3.20. The van der Waals surface area contributed by atoms with Crippen LogP contribution in [0.15, 0.2) is 18.5 Å². The molecule has 0 aliphatic carbocycles. The van der Waals surface area contributed by atoms with Gasteiger partial charge in [0, 0.05) is 31.5 Å². The Morgan fingerprint density at radius 3 is 2.76 bits per heavy atom. The van der Waals surface area contributed by atoms with E-state index in [0.29, 0.717) is 17.1 Å². The molecule has 0 unspecified atom stereocenters. The molecule has 1 saturated heterocycles. The third-order valence-electron chi connectivity index (χ3n) is 3.20. The molecule has 5 heteroatoms. The van der Waals surface area contributed by atoms with Crippen LogP contribution in [0.5, 0.6) is 0 Å². The number of aromatic nitrogens is 1. The predicted molar refractivity (Wildman–Crippen MR) is 67.6 cm³/mol. The van der Waals surface area contributed by atoms with Gasteiger partial charge in [0.15, 0.2) is 0 Å². The summed E-state index contributed by atoms with van der Waals surface area (Å²) in [5.41, 5.74) is 1.11. The number of hydrogen-bond donors (Lipinski definition) is 1. The first-order valence-corrected chi connectivity index (χ1v) is 5.88. The van der Waals surface area contributed by atoms with Crippen LogP contribution in [-0.4, -0.2) is 49.8 Å². The molecule has 1 aromatic rings. The summed E-state index contributed by atoms with van der Waals surface area (Å²) in [4.78, 5) is 18.0. The molecule has 1 amide bonds. The van der Waals surface area contributed by atoms with Crippen LogP contribution >= 0.6 is 0 Å². The summed E-state index contributed by atoms with van der Waals surface area (Å²) < 4.78 is 0. The zero-order valence-electron chi connectivity index (χ0n) is 10.0. The molecule has 0 aromatic carbocycles. The van der Waals surface area contributed by atoms with E-state index in [0.717, 1.165) is 25.9 Å². The molecule has 0 spiro atoms. The number of piperidine rings is 1. The number of hydrogen-bond acceptors (Lipinski definition) is 3. The maximum absolute atomic E-state index is 12.2. The Hall–Kier alpha value is -1.36. The van der Waals surface area contributed by atoms with Crippen molar-refractivity contribution in [3.63, 3.8) is 0 Å². The molecule has 0 atom stereocenters. The van der Waals surface area contributed by atoms with Gasteiger partial charge >= 0.3 is 0 Å². The Kier molecular flexibility index (Phi) is 3.79. The van der Waals surface area contributed by atoms with E-state index in [4.69, 9.17) is 7.85 Å². The molecule has 2 radical (unpaired) electrons. The molecule has 0 bridgehead atoms. The van der Waals surface area contributed by atoms with E-state index in [-0.39, 0.29) is 5.91 Å². The minimum Gasteiger partial charge on any atom is -0.338 e. The Labute approximate surface area is 103 Å². The smallest absolute Gasteiger partial charge is 0.255 e. The van der Waals surface area contributed by atoms with Gasteiger partial charge < -0.3 is 10.2 Å². The van der Waals surface area contributed by atoms with Crippen molar-refractivity contribution in [2.75, 3.05) is 20.1 Å². The molecule has 2 heterocycles. The maximum atomic E-state index is 12.2. The molecule has 88 valence electrons. The summed E-state index contributed by atoms with van der Waals surface area (Å²) in [6.45, 7) is 1.58. The van der Waals surface area contributed by atoms with E-state index in [9.17, 15) is 4.79 Å². The second-order valence-electron chi connectivity index (χ2n) is 4.36. The zero-order chi connectivity index (χ0) is 12.3. The third kappa shape index (κ3) is 2.85. The van der Waals surface area contributed by atoms with Crippen molar-refractivity contribution < 1.29 is 4.79 Å². The SMILES string of the molecule is [B]c1cncc(C(=O)N2CCC(NC)CC2)c1. The first kappa shape index (κ1) is 12.1. The van der Waals surface area contributed by atoms with Crippen LogP contribution < -0.4 is 10.8 Å². The van der Waals surface area contributed by atoms with Crippen molar-refractivity contribution in [3.05, 3.63) is 24.0 Å². The lowest BCUT2D eigenvalue weighted by Gasteiger charge is -2.31. The molecule has 1 aliphatic heterocycles. The lowest BCUT2D eigenvalue weighted by atomic mass is 9.96. The average molecular weight is 229 g/mol. The molecule has 1 N–H and O–H groups in total. The minimum absolute atomic E-state index is 0.0272. The van der Waals surface area contributed by atoms with Crippen LogP contribution in [0.3, 0.4) is 0 Å². The maximum Gasteiger partial charge on any atom is 0.255 e. The number of rotatable bonds is 2. The topological polar surface area (TPSA) is 45.2 Å².